The highest BCUT2D eigenvalue weighted by Crippen LogP contribution is 2.28. The van der Waals surface area contributed by atoms with Crippen LogP contribution in [0.15, 0.2) is 28.7 Å². The fourth-order valence-electron chi connectivity index (χ4n) is 2.32. The third-order valence-electron chi connectivity index (χ3n) is 3.53. The van der Waals surface area contributed by atoms with Crippen LogP contribution in [-0.4, -0.2) is 19.7 Å². The first-order valence-corrected chi connectivity index (χ1v) is 7.92. The van der Waals surface area contributed by atoms with Gasteiger partial charge < -0.3 is 4.98 Å². The minimum absolute atomic E-state index is 0.0320. The lowest BCUT2D eigenvalue weighted by atomic mass is 9.92. The van der Waals surface area contributed by atoms with E-state index in [0.717, 1.165) is 39.3 Å². The maximum Gasteiger partial charge on any atom is 0.156 e. The lowest BCUT2D eigenvalue weighted by Gasteiger charge is -2.13. The molecule has 4 nitrogen and oxygen atoms in total. The molecule has 21 heavy (non-hydrogen) atoms. The number of nitrogens with zero attached hydrogens (tertiary/aromatic N) is 3. The third-order valence-corrected chi connectivity index (χ3v) is 4.03. The van der Waals surface area contributed by atoms with E-state index in [4.69, 9.17) is 10.1 Å². The van der Waals surface area contributed by atoms with Crippen LogP contribution in [0.5, 0.6) is 0 Å². The van der Waals surface area contributed by atoms with E-state index in [1.165, 1.54) is 0 Å². The van der Waals surface area contributed by atoms with Crippen LogP contribution < -0.4 is 0 Å². The van der Waals surface area contributed by atoms with E-state index >= 15 is 0 Å². The van der Waals surface area contributed by atoms with Gasteiger partial charge in [0.05, 0.1) is 16.7 Å². The molecule has 0 bridgehead atoms. The molecule has 0 spiro atoms. The maximum absolute atomic E-state index is 4.71. The number of imidazole rings is 1. The summed E-state index contributed by atoms with van der Waals surface area (Å²) in [5.74, 6) is 0.868. The summed E-state index contributed by atoms with van der Waals surface area (Å²) in [4.78, 5) is 8.08. The first kappa shape index (κ1) is 14.3. The molecule has 1 aromatic carbocycles. The van der Waals surface area contributed by atoms with E-state index in [1.54, 1.807) is 0 Å². The van der Waals surface area contributed by atoms with Gasteiger partial charge in [0.15, 0.2) is 5.82 Å². The summed E-state index contributed by atoms with van der Waals surface area (Å²) in [5, 5.41) is 4.71. The smallest absolute Gasteiger partial charge is 0.156 e. The van der Waals surface area contributed by atoms with Crippen molar-refractivity contribution >= 4 is 27.0 Å². The third kappa shape index (κ3) is 2.62. The number of hydrogen-bond acceptors (Lipinski definition) is 2. The molecule has 0 aliphatic heterocycles. The van der Waals surface area contributed by atoms with Crippen molar-refractivity contribution in [3.8, 4) is 11.5 Å². The predicted octanol–water partition coefficient (Wildman–Crippen LogP) is 4.51. The van der Waals surface area contributed by atoms with Gasteiger partial charge in [-0.1, -0.05) is 36.7 Å². The minimum Gasteiger partial charge on any atom is -0.337 e. The lowest BCUT2D eigenvalue weighted by Crippen LogP contribution is -2.12. The van der Waals surface area contributed by atoms with Gasteiger partial charge in [0, 0.05) is 16.4 Å². The van der Waals surface area contributed by atoms with Crippen molar-refractivity contribution in [1.82, 2.24) is 19.7 Å². The fourth-order valence-corrected chi connectivity index (χ4v) is 2.68. The van der Waals surface area contributed by atoms with Crippen LogP contribution in [0.4, 0.5) is 0 Å². The van der Waals surface area contributed by atoms with Crippen LogP contribution in [0.3, 0.4) is 0 Å². The van der Waals surface area contributed by atoms with Gasteiger partial charge in [0.1, 0.15) is 5.69 Å². The molecule has 3 aromatic rings. The fraction of sp³-hybridized carbons (Fsp3) is 0.375. The highest BCUT2D eigenvalue weighted by atomic mass is 79.9. The number of hydrogen-bond donors (Lipinski definition) is 1. The van der Waals surface area contributed by atoms with Gasteiger partial charge in [-0.25, -0.2) is 4.98 Å². The molecule has 2 heterocycles. The number of nitrogens with one attached hydrogen (secondary N) is 1. The first-order chi connectivity index (χ1) is 9.88. The number of fused-ring (bicyclic) bond motifs is 1. The van der Waals surface area contributed by atoms with Gasteiger partial charge in [-0.2, -0.15) is 5.10 Å². The van der Waals surface area contributed by atoms with Crippen molar-refractivity contribution in [2.45, 2.75) is 39.7 Å². The van der Waals surface area contributed by atoms with Gasteiger partial charge in [-0.3, -0.25) is 4.68 Å². The molecule has 1 N–H and O–H groups in total. The zero-order valence-electron chi connectivity index (χ0n) is 12.7. The summed E-state index contributed by atoms with van der Waals surface area (Å²) < 4.78 is 3.05. The normalized spacial score (nSPS) is 12.2. The Labute approximate surface area is 132 Å². The molecule has 110 valence electrons. The Bertz CT molecular complexity index is 792. The Morgan fingerprint density at radius 2 is 2.00 bits per heavy atom. The van der Waals surface area contributed by atoms with E-state index in [1.807, 2.05) is 22.9 Å². The van der Waals surface area contributed by atoms with Gasteiger partial charge in [-0.05, 0) is 31.2 Å². The zero-order valence-corrected chi connectivity index (χ0v) is 14.3. The number of aryl methyl sites for hydroxylation is 1. The number of rotatable bonds is 2. The summed E-state index contributed by atoms with van der Waals surface area (Å²) in [6, 6.07) is 8.20. The molecule has 0 radical (unpaired) electrons. The molecular weight excluding hydrogens is 328 g/mol. The molecule has 0 atom stereocenters. The van der Waals surface area contributed by atoms with Crippen molar-refractivity contribution < 1.29 is 0 Å². The number of halogens is 1. The maximum atomic E-state index is 4.71. The van der Waals surface area contributed by atoms with Crippen molar-refractivity contribution in [3.63, 3.8) is 0 Å². The average molecular weight is 347 g/mol. The highest BCUT2D eigenvalue weighted by molar-refractivity contribution is 9.10. The summed E-state index contributed by atoms with van der Waals surface area (Å²) in [5.41, 5.74) is 4.15. The zero-order chi connectivity index (χ0) is 15.2. The Morgan fingerprint density at radius 1 is 1.24 bits per heavy atom. The average Bonchev–Trinajstić information content (AvgIpc) is 3.00. The summed E-state index contributed by atoms with van der Waals surface area (Å²) in [6.07, 6.45) is 0. The quantitative estimate of drug-likeness (QED) is 0.742. The van der Waals surface area contributed by atoms with E-state index in [2.05, 4.69) is 54.7 Å². The van der Waals surface area contributed by atoms with Crippen LogP contribution in [0.1, 0.15) is 33.4 Å². The Balaban J connectivity index is 2.15. The van der Waals surface area contributed by atoms with Gasteiger partial charge in [-0.15, -0.1) is 0 Å². The summed E-state index contributed by atoms with van der Waals surface area (Å²) >= 11 is 3.49. The Kier molecular flexibility index (Phi) is 3.40. The van der Waals surface area contributed by atoms with Crippen LogP contribution in [0.2, 0.25) is 0 Å². The molecule has 0 amide bonds. The second-order valence-electron chi connectivity index (χ2n) is 6.23. The van der Waals surface area contributed by atoms with Crippen LogP contribution >= 0.6 is 15.9 Å². The Hall–Kier alpha value is -1.62. The topological polar surface area (TPSA) is 46.5 Å². The van der Waals surface area contributed by atoms with Gasteiger partial charge >= 0.3 is 0 Å². The summed E-state index contributed by atoms with van der Waals surface area (Å²) in [6.45, 7) is 9.45. The van der Waals surface area contributed by atoms with Crippen molar-refractivity contribution in [2.24, 2.45) is 0 Å². The van der Waals surface area contributed by atoms with Crippen molar-refractivity contribution in [1.29, 1.82) is 0 Å². The molecule has 2 aromatic heterocycles. The largest absolute Gasteiger partial charge is 0.337 e. The Morgan fingerprint density at radius 3 is 2.67 bits per heavy atom. The number of benzene rings is 1. The number of aromatic amines is 1. The monoisotopic (exact) mass is 346 g/mol. The van der Waals surface area contributed by atoms with E-state index in [0.29, 0.717) is 0 Å². The number of H-pyrrole nitrogens is 1. The lowest BCUT2D eigenvalue weighted by molar-refractivity contribution is 0.541. The molecule has 0 aliphatic carbocycles. The number of aromatic nitrogens is 4. The molecule has 0 unspecified atom stereocenters. The van der Waals surface area contributed by atoms with Gasteiger partial charge in [0.25, 0.3) is 0 Å². The predicted molar refractivity (Wildman–Crippen MR) is 89.4 cm³/mol. The molecule has 0 saturated heterocycles. The van der Waals surface area contributed by atoms with Crippen molar-refractivity contribution in [2.75, 3.05) is 0 Å². The molecule has 3 rings (SSSR count). The standard InChI is InChI=1S/C16H19BrN4/c1-5-21-13(9-14(20-21)16(2,3)4)15-18-11-7-6-10(17)8-12(11)19-15/h6-9H,5H2,1-4H3,(H,18,19). The van der Waals surface area contributed by atoms with Crippen LogP contribution in [0, 0.1) is 0 Å². The molecule has 0 saturated carbocycles. The van der Waals surface area contributed by atoms with Crippen LogP contribution in [-0.2, 0) is 12.0 Å². The summed E-state index contributed by atoms with van der Waals surface area (Å²) in [7, 11) is 0. The SMILES string of the molecule is CCn1nc(C(C)(C)C)cc1-c1nc2ccc(Br)cc2[nH]1. The minimum atomic E-state index is 0.0320. The van der Waals surface area contributed by atoms with Crippen molar-refractivity contribution in [3.05, 3.63) is 34.4 Å². The molecule has 0 fully saturated rings. The van der Waals surface area contributed by atoms with E-state index in [-0.39, 0.29) is 5.41 Å². The highest BCUT2D eigenvalue weighted by Gasteiger charge is 2.21. The van der Waals surface area contributed by atoms with E-state index < -0.39 is 0 Å². The first-order valence-electron chi connectivity index (χ1n) is 7.12. The van der Waals surface area contributed by atoms with E-state index in [9.17, 15) is 0 Å². The molecule has 5 heteroatoms. The van der Waals surface area contributed by atoms with Gasteiger partial charge in [0.2, 0.25) is 0 Å². The molecule has 0 aliphatic rings. The van der Waals surface area contributed by atoms with Crippen LogP contribution in [0.25, 0.3) is 22.6 Å². The second kappa shape index (κ2) is 4.98. The molecular formula is C16H19BrN4. The second-order valence-corrected chi connectivity index (χ2v) is 7.14.